The molecule has 0 unspecified atom stereocenters. The average Bonchev–Trinajstić information content (AvgIpc) is 2.99. The lowest BCUT2D eigenvalue weighted by molar-refractivity contribution is -0.136. The highest BCUT2D eigenvalue weighted by atomic mass is 32.2. The van der Waals surface area contributed by atoms with E-state index in [1.54, 1.807) is 12.1 Å². The maximum absolute atomic E-state index is 12.0. The lowest BCUT2D eigenvalue weighted by Crippen LogP contribution is -2.25. The molecule has 0 radical (unpaired) electrons. The molecular formula is C12H13NO5S2. The largest absolute Gasteiger partial charge is 0.481 e. The zero-order chi connectivity index (χ0) is 14.6. The Balaban J connectivity index is 1.95. The van der Waals surface area contributed by atoms with E-state index in [0.29, 0.717) is 17.1 Å². The fraction of sp³-hybridized carbons (Fsp3) is 0.250. The van der Waals surface area contributed by atoms with E-state index in [-0.39, 0.29) is 17.2 Å². The third kappa shape index (κ3) is 3.92. The summed E-state index contributed by atoms with van der Waals surface area (Å²) in [6, 6.07) is 6.43. The molecule has 0 atom stereocenters. The highest BCUT2D eigenvalue weighted by Crippen LogP contribution is 2.21. The minimum atomic E-state index is -3.59. The second-order valence-corrected chi connectivity index (χ2v) is 7.18. The molecule has 108 valence electrons. The average molecular weight is 315 g/mol. The molecule has 0 aliphatic carbocycles. The molecule has 0 aromatic carbocycles. The quantitative estimate of drug-likeness (QED) is 0.807. The Hall–Kier alpha value is -1.64. The summed E-state index contributed by atoms with van der Waals surface area (Å²) in [5.41, 5.74) is 0. The molecule has 0 bridgehead atoms. The van der Waals surface area contributed by atoms with Gasteiger partial charge in [0.05, 0.1) is 12.7 Å². The topological polar surface area (TPSA) is 96.6 Å². The van der Waals surface area contributed by atoms with Crippen molar-refractivity contribution < 1.29 is 22.7 Å². The standard InChI is InChI=1S/C12H13NO5S2/c14-11(15)8-10-3-4-12(19-10)20(16,17)13-6-5-9-2-1-7-18-9/h1-4,7,13H,5-6,8H2,(H,14,15). The Bertz CT molecular complexity index is 673. The predicted octanol–water partition coefficient (Wildman–Crippen LogP) is 1.49. The first-order chi connectivity index (χ1) is 9.47. The van der Waals surface area contributed by atoms with E-state index < -0.39 is 16.0 Å². The molecule has 2 N–H and O–H groups in total. The Morgan fingerprint density at radius 3 is 2.80 bits per heavy atom. The number of rotatable bonds is 7. The molecule has 0 fully saturated rings. The van der Waals surface area contributed by atoms with Crippen molar-refractivity contribution >= 4 is 27.3 Å². The van der Waals surface area contributed by atoms with Crippen LogP contribution in [0.4, 0.5) is 0 Å². The van der Waals surface area contributed by atoms with Crippen molar-refractivity contribution in [2.45, 2.75) is 17.1 Å². The molecule has 20 heavy (non-hydrogen) atoms. The summed E-state index contributed by atoms with van der Waals surface area (Å²) in [6.07, 6.45) is 1.81. The summed E-state index contributed by atoms with van der Waals surface area (Å²) in [5.74, 6) is -0.285. The highest BCUT2D eigenvalue weighted by Gasteiger charge is 2.17. The smallest absolute Gasteiger partial charge is 0.308 e. The van der Waals surface area contributed by atoms with Gasteiger partial charge in [0.1, 0.15) is 9.97 Å². The van der Waals surface area contributed by atoms with Crippen LogP contribution in [0.3, 0.4) is 0 Å². The molecule has 2 aromatic heterocycles. The number of carboxylic acids is 1. The van der Waals surface area contributed by atoms with Gasteiger partial charge in [-0.2, -0.15) is 0 Å². The summed E-state index contributed by atoms with van der Waals surface area (Å²) < 4.78 is 31.6. The van der Waals surface area contributed by atoms with Gasteiger partial charge in [-0.3, -0.25) is 4.79 Å². The van der Waals surface area contributed by atoms with Crippen molar-refractivity contribution in [3.05, 3.63) is 41.2 Å². The lowest BCUT2D eigenvalue weighted by atomic mass is 10.3. The summed E-state index contributed by atoms with van der Waals surface area (Å²) in [5, 5.41) is 8.66. The van der Waals surface area contributed by atoms with Crippen molar-refractivity contribution in [2.24, 2.45) is 0 Å². The number of hydrogen-bond donors (Lipinski definition) is 2. The van der Waals surface area contributed by atoms with Crippen LogP contribution in [0.15, 0.2) is 39.2 Å². The summed E-state index contributed by atoms with van der Waals surface area (Å²) in [7, 11) is -3.59. The van der Waals surface area contributed by atoms with Gasteiger partial charge in [0.2, 0.25) is 10.0 Å². The molecule has 2 heterocycles. The maximum Gasteiger partial charge on any atom is 0.308 e. The number of thiophene rings is 1. The number of aliphatic carboxylic acids is 1. The van der Waals surface area contributed by atoms with Crippen LogP contribution in [0.25, 0.3) is 0 Å². The molecular weight excluding hydrogens is 302 g/mol. The summed E-state index contributed by atoms with van der Waals surface area (Å²) in [6.45, 7) is 0.224. The minimum Gasteiger partial charge on any atom is -0.481 e. The Labute approximate surface area is 120 Å². The first-order valence-electron chi connectivity index (χ1n) is 5.80. The molecule has 6 nitrogen and oxygen atoms in total. The van der Waals surface area contributed by atoms with Crippen LogP contribution in [0.2, 0.25) is 0 Å². The van der Waals surface area contributed by atoms with Gasteiger partial charge in [0.25, 0.3) is 0 Å². The SMILES string of the molecule is O=C(O)Cc1ccc(S(=O)(=O)NCCc2ccco2)s1. The van der Waals surface area contributed by atoms with Crippen LogP contribution < -0.4 is 4.72 Å². The molecule has 0 amide bonds. The minimum absolute atomic E-state index is 0.119. The highest BCUT2D eigenvalue weighted by molar-refractivity contribution is 7.91. The van der Waals surface area contributed by atoms with E-state index in [1.165, 1.54) is 18.4 Å². The van der Waals surface area contributed by atoms with Crippen LogP contribution in [0, 0.1) is 0 Å². The first kappa shape index (κ1) is 14.8. The number of furan rings is 1. The molecule has 8 heteroatoms. The molecule has 0 spiro atoms. The predicted molar refractivity (Wildman–Crippen MR) is 73.3 cm³/mol. The molecule has 2 rings (SSSR count). The van der Waals surface area contributed by atoms with Crippen LogP contribution in [0.1, 0.15) is 10.6 Å². The molecule has 0 aliphatic rings. The maximum atomic E-state index is 12.0. The lowest BCUT2D eigenvalue weighted by Gasteiger charge is -2.03. The van der Waals surface area contributed by atoms with Gasteiger partial charge in [-0.25, -0.2) is 13.1 Å². The molecule has 0 saturated carbocycles. The van der Waals surface area contributed by atoms with Crippen molar-refractivity contribution in [1.29, 1.82) is 0 Å². The van der Waals surface area contributed by atoms with Gasteiger partial charge in [-0.1, -0.05) is 0 Å². The van der Waals surface area contributed by atoms with Gasteiger partial charge < -0.3 is 9.52 Å². The van der Waals surface area contributed by atoms with Crippen LogP contribution in [-0.2, 0) is 27.7 Å². The van der Waals surface area contributed by atoms with Crippen LogP contribution in [-0.4, -0.2) is 26.0 Å². The van der Waals surface area contributed by atoms with Crippen molar-refractivity contribution in [3.8, 4) is 0 Å². The zero-order valence-electron chi connectivity index (χ0n) is 10.4. The summed E-state index contributed by atoms with van der Waals surface area (Å²) in [4.78, 5) is 11.1. The molecule has 2 aromatic rings. The fourth-order valence-corrected chi connectivity index (χ4v) is 4.00. The zero-order valence-corrected chi connectivity index (χ0v) is 12.0. The third-order valence-electron chi connectivity index (χ3n) is 2.47. The number of carboxylic acid groups (broad SMARTS) is 1. The number of carbonyl (C=O) groups is 1. The van der Waals surface area contributed by atoms with Gasteiger partial charge in [-0.15, -0.1) is 11.3 Å². The van der Waals surface area contributed by atoms with Gasteiger partial charge in [-0.05, 0) is 24.3 Å². The number of sulfonamides is 1. The monoisotopic (exact) mass is 315 g/mol. The van der Waals surface area contributed by atoms with Crippen molar-refractivity contribution in [1.82, 2.24) is 4.72 Å². The number of nitrogens with one attached hydrogen (secondary N) is 1. The Morgan fingerprint density at radius 1 is 1.35 bits per heavy atom. The number of hydrogen-bond acceptors (Lipinski definition) is 5. The molecule has 0 saturated heterocycles. The van der Waals surface area contributed by atoms with Crippen molar-refractivity contribution in [2.75, 3.05) is 6.54 Å². The van der Waals surface area contributed by atoms with Crippen LogP contribution in [0.5, 0.6) is 0 Å². The third-order valence-corrected chi connectivity index (χ3v) is 5.51. The normalized spacial score (nSPS) is 11.6. The first-order valence-corrected chi connectivity index (χ1v) is 8.10. The van der Waals surface area contributed by atoms with E-state index >= 15 is 0 Å². The van der Waals surface area contributed by atoms with Gasteiger partial charge in [0.15, 0.2) is 0 Å². The fourth-order valence-electron chi connectivity index (χ4n) is 1.58. The van der Waals surface area contributed by atoms with Gasteiger partial charge in [0, 0.05) is 17.8 Å². The van der Waals surface area contributed by atoms with E-state index in [2.05, 4.69) is 4.72 Å². The van der Waals surface area contributed by atoms with Gasteiger partial charge >= 0.3 is 5.97 Å². The van der Waals surface area contributed by atoms with E-state index in [9.17, 15) is 13.2 Å². The Morgan fingerprint density at radius 2 is 2.15 bits per heavy atom. The van der Waals surface area contributed by atoms with Crippen LogP contribution >= 0.6 is 11.3 Å². The summed E-state index contributed by atoms with van der Waals surface area (Å²) >= 11 is 0.961. The Kier molecular flexibility index (Phi) is 4.58. The van der Waals surface area contributed by atoms with E-state index in [4.69, 9.17) is 9.52 Å². The second kappa shape index (κ2) is 6.21. The molecule has 0 aliphatic heterocycles. The van der Waals surface area contributed by atoms with Crippen molar-refractivity contribution in [3.63, 3.8) is 0 Å². The second-order valence-electron chi connectivity index (χ2n) is 4.02. The van der Waals surface area contributed by atoms with E-state index in [0.717, 1.165) is 11.3 Å². The van der Waals surface area contributed by atoms with E-state index in [1.807, 2.05) is 0 Å².